The highest BCUT2D eigenvalue weighted by atomic mass is 16.6. The summed E-state index contributed by atoms with van der Waals surface area (Å²) in [7, 11) is 0. The summed E-state index contributed by atoms with van der Waals surface area (Å²) in [6.07, 6.45) is 1.25. The molecule has 1 N–H and O–H groups in total. The summed E-state index contributed by atoms with van der Waals surface area (Å²) in [5.41, 5.74) is 2.72. The monoisotopic (exact) mass is 438 g/mol. The first-order valence-electron chi connectivity index (χ1n) is 11.1. The van der Waals surface area contributed by atoms with Crippen LogP contribution in [0.2, 0.25) is 0 Å². The largest absolute Gasteiger partial charge is 0.446 e. The van der Waals surface area contributed by atoms with Crippen LogP contribution in [0.1, 0.15) is 36.6 Å². The van der Waals surface area contributed by atoms with Crippen LogP contribution >= 0.6 is 0 Å². The van der Waals surface area contributed by atoms with Crippen LogP contribution in [-0.2, 0) is 10.3 Å². The highest BCUT2D eigenvalue weighted by molar-refractivity contribution is 5.91. The molecular formula is C27H26N4O2. The van der Waals surface area contributed by atoms with Gasteiger partial charge >= 0.3 is 6.09 Å². The number of carbonyl (C=O) groups excluding carboxylic acids is 1. The molecule has 0 aliphatic carbocycles. The molecule has 0 saturated carbocycles. The molecule has 5 rings (SSSR count). The predicted molar refractivity (Wildman–Crippen MR) is 130 cm³/mol. The van der Waals surface area contributed by atoms with E-state index in [1.54, 1.807) is 17.2 Å². The average Bonchev–Trinajstić information content (AvgIpc) is 3.14. The van der Waals surface area contributed by atoms with Crippen LogP contribution in [0.4, 0.5) is 16.6 Å². The number of rotatable bonds is 5. The van der Waals surface area contributed by atoms with Crippen LogP contribution in [-0.4, -0.2) is 22.7 Å². The molecule has 1 aliphatic heterocycles. The predicted octanol–water partition coefficient (Wildman–Crippen LogP) is 5.98. The molecule has 0 unspecified atom stereocenters. The van der Waals surface area contributed by atoms with Crippen LogP contribution in [0.3, 0.4) is 0 Å². The Kier molecular flexibility index (Phi) is 5.21. The van der Waals surface area contributed by atoms with E-state index >= 15 is 0 Å². The number of ether oxygens (including phenoxy) is 1. The minimum absolute atomic E-state index is 0.0167. The summed E-state index contributed by atoms with van der Waals surface area (Å²) >= 11 is 0. The first kappa shape index (κ1) is 20.9. The minimum Gasteiger partial charge on any atom is -0.446 e. The maximum Gasteiger partial charge on any atom is 0.416 e. The Balaban J connectivity index is 1.42. The van der Waals surface area contributed by atoms with Crippen molar-refractivity contribution in [1.29, 1.82) is 0 Å². The fourth-order valence-corrected chi connectivity index (χ4v) is 4.36. The molecule has 1 aromatic heterocycles. The molecule has 2 heterocycles. The maximum absolute atomic E-state index is 12.7. The van der Waals surface area contributed by atoms with E-state index in [0.29, 0.717) is 11.8 Å². The van der Waals surface area contributed by atoms with Gasteiger partial charge < -0.3 is 10.1 Å². The smallest absolute Gasteiger partial charge is 0.416 e. The standard InChI is InChI=1S/C27H26N4O2/c1-18-9-10-22-16-20(11-12-21(22)15-18)19(2)29-25-28-14-13-24(30-25)31-26(32)33-17-27(31,3)23-7-5-4-6-8-23/h4-16,19H,17H2,1-3H3,(H,28,29,30)/t19-,27+/m0/s1. The van der Waals surface area contributed by atoms with Gasteiger partial charge in [-0.3, -0.25) is 0 Å². The zero-order chi connectivity index (χ0) is 23.0. The van der Waals surface area contributed by atoms with Gasteiger partial charge in [0, 0.05) is 6.20 Å². The van der Waals surface area contributed by atoms with E-state index in [9.17, 15) is 4.79 Å². The number of hydrogen-bond donors (Lipinski definition) is 1. The lowest BCUT2D eigenvalue weighted by Crippen LogP contribution is -2.42. The summed E-state index contributed by atoms with van der Waals surface area (Å²) in [5, 5.41) is 5.79. The lowest BCUT2D eigenvalue weighted by atomic mass is 9.92. The van der Waals surface area contributed by atoms with E-state index in [1.165, 1.54) is 16.3 Å². The number of carbonyl (C=O) groups is 1. The van der Waals surface area contributed by atoms with Gasteiger partial charge in [-0.1, -0.05) is 66.2 Å². The van der Waals surface area contributed by atoms with Gasteiger partial charge in [-0.05, 0) is 54.8 Å². The van der Waals surface area contributed by atoms with Crippen LogP contribution in [0.25, 0.3) is 10.8 Å². The number of nitrogens with one attached hydrogen (secondary N) is 1. The van der Waals surface area contributed by atoms with Crippen molar-refractivity contribution < 1.29 is 9.53 Å². The molecule has 1 fully saturated rings. The van der Waals surface area contributed by atoms with E-state index in [2.05, 4.69) is 65.5 Å². The van der Waals surface area contributed by atoms with Crippen LogP contribution in [0, 0.1) is 6.92 Å². The number of cyclic esters (lactones) is 1. The van der Waals surface area contributed by atoms with Crippen molar-refractivity contribution in [3.8, 4) is 0 Å². The number of amides is 1. The molecule has 0 radical (unpaired) electrons. The van der Waals surface area contributed by atoms with Gasteiger partial charge in [0.2, 0.25) is 5.95 Å². The fourth-order valence-electron chi connectivity index (χ4n) is 4.36. The zero-order valence-corrected chi connectivity index (χ0v) is 18.9. The van der Waals surface area contributed by atoms with Crippen molar-refractivity contribution in [2.24, 2.45) is 0 Å². The van der Waals surface area contributed by atoms with Gasteiger partial charge in [0.15, 0.2) is 0 Å². The second-order valence-electron chi connectivity index (χ2n) is 8.74. The summed E-state index contributed by atoms with van der Waals surface area (Å²) in [4.78, 5) is 23.4. The van der Waals surface area contributed by atoms with E-state index in [4.69, 9.17) is 4.74 Å². The lowest BCUT2D eigenvalue weighted by Gasteiger charge is -2.31. The number of aryl methyl sites for hydroxylation is 1. The van der Waals surface area contributed by atoms with Gasteiger partial charge in [0.25, 0.3) is 0 Å². The van der Waals surface area contributed by atoms with Crippen molar-refractivity contribution in [3.63, 3.8) is 0 Å². The number of fused-ring (bicyclic) bond motifs is 1. The Morgan fingerprint density at radius 1 is 1.03 bits per heavy atom. The van der Waals surface area contributed by atoms with Crippen LogP contribution < -0.4 is 10.2 Å². The topological polar surface area (TPSA) is 67.4 Å². The van der Waals surface area contributed by atoms with Gasteiger partial charge in [-0.15, -0.1) is 0 Å². The molecule has 0 bridgehead atoms. The molecule has 1 aliphatic rings. The number of hydrogen-bond acceptors (Lipinski definition) is 5. The molecule has 6 nitrogen and oxygen atoms in total. The Labute approximate surface area is 193 Å². The van der Waals surface area contributed by atoms with Crippen molar-refractivity contribution in [2.45, 2.75) is 32.4 Å². The number of benzene rings is 3. The average molecular weight is 439 g/mol. The Morgan fingerprint density at radius 3 is 2.61 bits per heavy atom. The Hall–Kier alpha value is -3.93. The van der Waals surface area contributed by atoms with E-state index in [-0.39, 0.29) is 12.6 Å². The van der Waals surface area contributed by atoms with Crippen molar-refractivity contribution >= 4 is 28.6 Å². The SMILES string of the molecule is Cc1ccc2cc([C@H](C)Nc3nccc(N4C(=O)OC[C@]4(C)c4ccccc4)n3)ccc2c1. The van der Waals surface area contributed by atoms with Crippen molar-refractivity contribution in [2.75, 3.05) is 16.8 Å². The van der Waals surface area contributed by atoms with Crippen LogP contribution in [0.5, 0.6) is 0 Å². The molecule has 33 heavy (non-hydrogen) atoms. The van der Waals surface area contributed by atoms with Gasteiger partial charge in [-0.25, -0.2) is 14.7 Å². The summed E-state index contributed by atoms with van der Waals surface area (Å²) in [6.45, 7) is 6.42. The fraction of sp³-hybridized carbons (Fsp3) is 0.222. The normalized spacial score (nSPS) is 18.9. The number of aromatic nitrogens is 2. The summed E-state index contributed by atoms with van der Waals surface area (Å²) in [6, 6.07) is 24.5. The molecule has 1 amide bonds. The van der Waals surface area contributed by atoms with Crippen molar-refractivity contribution in [3.05, 3.63) is 95.7 Å². The molecule has 4 aromatic rings. The summed E-state index contributed by atoms with van der Waals surface area (Å²) in [5.74, 6) is 0.960. The van der Waals surface area contributed by atoms with Crippen LogP contribution in [0.15, 0.2) is 79.0 Å². The third-order valence-electron chi connectivity index (χ3n) is 6.28. The molecule has 1 saturated heterocycles. The molecule has 2 atom stereocenters. The highest BCUT2D eigenvalue weighted by Gasteiger charge is 2.46. The van der Waals surface area contributed by atoms with E-state index < -0.39 is 11.6 Å². The molecule has 166 valence electrons. The van der Waals surface area contributed by atoms with Gasteiger partial charge in [-0.2, -0.15) is 4.98 Å². The Bertz CT molecular complexity index is 1320. The molecule has 0 spiro atoms. The zero-order valence-electron chi connectivity index (χ0n) is 18.9. The second kappa shape index (κ2) is 8.20. The lowest BCUT2D eigenvalue weighted by molar-refractivity contribution is 0.174. The quantitative estimate of drug-likeness (QED) is 0.415. The summed E-state index contributed by atoms with van der Waals surface area (Å²) < 4.78 is 5.44. The minimum atomic E-state index is -0.647. The van der Waals surface area contributed by atoms with E-state index in [0.717, 1.165) is 11.1 Å². The first-order valence-corrected chi connectivity index (χ1v) is 11.1. The third-order valence-corrected chi connectivity index (χ3v) is 6.28. The molecule has 3 aromatic carbocycles. The first-order chi connectivity index (χ1) is 15.9. The van der Waals surface area contributed by atoms with E-state index in [1.807, 2.05) is 37.3 Å². The molecular weight excluding hydrogens is 412 g/mol. The van der Waals surface area contributed by atoms with Gasteiger partial charge in [0.05, 0.1) is 6.04 Å². The number of anilines is 2. The third kappa shape index (κ3) is 3.89. The maximum atomic E-state index is 12.7. The second-order valence-corrected chi connectivity index (χ2v) is 8.74. The van der Waals surface area contributed by atoms with Gasteiger partial charge in [0.1, 0.15) is 18.0 Å². The highest BCUT2D eigenvalue weighted by Crippen LogP contribution is 2.37. The Morgan fingerprint density at radius 2 is 1.79 bits per heavy atom. The molecule has 6 heteroatoms. The van der Waals surface area contributed by atoms with Crippen molar-refractivity contribution in [1.82, 2.24) is 9.97 Å². The number of nitrogens with zero attached hydrogens (tertiary/aromatic N) is 3.